The molecule has 0 saturated carbocycles. The van der Waals surface area contributed by atoms with Gasteiger partial charge < -0.3 is 0 Å². The van der Waals surface area contributed by atoms with Crippen LogP contribution in [0.15, 0.2) is 89.8 Å². The second-order valence-corrected chi connectivity index (χ2v) is 9.38. The van der Waals surface area contributed by atoms with Crippen LogP contribution in [0.3, 0.4) is 0 Å². The molecule has 3 aromatic rings. The fraction of sp³-hybridized carbons (Fsp3) is 0.250. The molecule has 0 saturated heterocycles. The zero-order chi connectivity index (χ0) is 23.2. The number of alkyl halides is 3. The molecule has 0 heterocycles. The van der Waals surface area contributed by atoms with Gasteiger partial charge in [-0.05, 0) is 30.2 Å². The number of nitrogens with one attached hydrogen (secondary N) is 1. The molecule has 4 nitrogen and oxygen atoms in total. The maximum atomic E-state index is 13.9. The minimum Gasteiger partial charge on any atom is -0.293 e. The van der Waals surface area contributed by atoms with E-state index in [1.54, 1.807) is 24.0 Å². The SMILES string of the molecule is Cc1ccc(S(=O)(=O)N[C@H](CN(Cc2ccccc2)Cc2ccccc2)C(F)(F)F)cc1. The molecule has 0 aliphatic rings. The van der Waals surface area contributed by atoms with E-state index in [2.05, 4.69) is 0 Å². The van der Waals surface area contributed by atoms with E-state index in [1.165, 1.54) is 12.1 Å². The van der Waals surface area contributed by atoms with E-state index < -0.39 is 28.8 Å². The van der Waals surface area contributed by atoms with Crippen LogP contribution < -0.4 is 4.72 Å². The van der Waals surface area contributed by atoms with E-state index in [-0.39, 0.29) is 18.0 Å². The van der Waals surface area contributed by atoms with Gasteiger partial charge in [0, 0.05) is 19.6 Å². The Morgan fingerprint density at radius 1 is 0.812 bits per heavy atom. The number of sulfonamides is 1. The summed E-state index contributed by atoms with van der Waals surface area (Å²) < 4.78 is 69.0. The molecule has 32 heavy (non-hydrogen) atoms. The van der Waals surface area contributed by atoms with Crippen molar-refractivity contribution in [3.63, 3.8) is 0 Å². The molecule has 0 aromatic heterocycles. The fourth-order valence-corrected chi connectivity index (χ4v) is 4.52. The van der Waals surface area contributed by atoms with Crippen molar-refractivity contribution in [3.05, 3.63) is 102 Å². The second-order valence-electron chi connectivity index (χ2n) is 7.67. The lowest BCUT2D eigenvalue weighted by Crippen LogP contribution is -2.51. The van der Waals surface area contributed by atoms with Gasteiger partial charge >= 0.3 is 6.18 Å². The van der Waals surface area contributed by atoms with Crippen molar-refractivity contribution in [2.24, 2.45) is 0 Å². The van der Waals surface area contributed by atoms with Crippen LogP contribution in [0.2, 0.25) is 0 Å². The number of hydrogen-bond acceptors (Lipinski definition) is 3. The second kappa shape index (κ2) is 10.3. The minimum absolute atomic E-state index is 0.199. The molecule has 3 rings (SSSR count). The van der Waals surface area contributed by atoms with Crippen LogP contribution in [0.1, 0.15) is 16.7 Å². The first kappa shape index (κ1) is 24.0. The molecule has 0 bridgehead atoms. The van der Waals surface area contributed by atoms with Crippen LogP contribution >= 0.6 is 0 Å². The maximum absolute atomic E-state index is 13.9. The van der Waals surface area contributed by atoms with Gasteiger partial charge in [-0.3, -0.25) is 4.90 Å². The molecule has 0 aliphatic heterocycles. The van der Waals surface area contributed by atoms with Crippen molar-refractivity contribution in [2.75, 3.05) is 6.54 Å². The predicted octanol–water partition coefficient (Wildman–Crippen LogP) is 4.91. The number of rotatable bonds is 9. The van der Waals surface area contributed by atoms with Gasteiger partial charge in [-0.15, -0.1) is 0 Å². The third kappa shape index (κ3) is 6.91. The number of nitrogens with zero attached hydrogens (tertiary/aromatic N) is 1. The molecule has 0 unspecified atom stereocenters. The molecule has 0 aliphatic carbocycles. The lowest BCUT2D eigenvalue weighted by molar-refractivity contribution is -0.156. The highest BCUT2D eigenvalue weighted by atomic mass is 32.2. The largest absolute Gasteiger partial charge is 0.406 e. The summed E-state index contributed by atoms with van der Waals surface area (Å²) in [5.41, 5.74) is 2.49. The van der Waals surface area contributed by atoms with Gasteiger partial charge in [0.2, 0.25) is 10.0 Å². The van der Waals surface area contributed by atoms with E-state index in [1.807, 2.05) is 65.4 Å². The highest BCUT2D eigenvalue weighted by Gasteiger charge is 2.43. The van der Waals surface area contributed by atoms with Crippen LogP contribution in [0.5, 0.6) is 0 Å². The predicted molar refractivity (Wildman–Crippen MR) is 118 cm³/mol. The van der Waals surface area contributed by atoms with Gasteiger partial charge in [-0.1, -0.05) is 78.4 Å². The Labute approximate surface area is 186 Å². The normalized spacial score (nSPS) is 13.3. The molecule has 8 heteroatoms. The molecule has 3 aromatic carbocycles. The first-order valence-electron chi connectivity index (χ1n) is 10.1. The number of halogens is 3. The summed E-state index contributed by atoms with van der Waals surface area (Å²) in [7, 11) is -4.35. The number of hydrogen-bond donors (Lipinski definition) is 1. The summed E-state index contributed by atoms with van der Waals surface area (Å²) in [4.78, 5) is 1.40. The monoisotopic (exact) mass is 462 g/mol. The van der Waals surface area contributed by atoms with Gasteiger partial charge in [0.1, 0.15) is 6.04 Å². The highest BCUT2D eigenvalue weighted by Crippen LogP contribution is 2.24. The average Bonchev–Trinajstić information content (AvgIpc) is 2.74. The number of aryl methyl sites for hydroxylation is 1. The first-order valence-corrected chi connectivity index (χ1v) is 11.6. The van der Waals surface area contributed by atoms with Crippen LogP contribution in [0.25, 0.3) is 0 Å². The van der Waals surface area contributed by atoms with Crippen molar-refractivity contribution in [2.45, 2.75) is 37.1 Å². The van der Waals surface area contributed by atoms with E-state index >= 15 is 0 Å². The Morgan fingerprint density at radius 3 is 1.72 bits per heavy atom. The third-order valence-corrected chi connectivity index (χ3v) is 6.45. The molecule has 0 fully saturated rings. The molecule has 0 radical (unpaired) electrons. The third-order valence-electron chi connectivity index (χ3n) is 4.96. The van der Waals surface area contributed by atoms with E-state index in [9.17, 15) is 21.6 Å². The Kier molecular flexibility index (Phi) is 7.71. The van der Waals surface area contributed by atoms with Crippen molar-refractivity contribution >= 4 is 10.0 Å². The number of benzene rings is 3. The lowest BCUT2D eigenvalue weighted by Gasteiger charge is -2.29. The topological polar surface area (TPSA) is 49.4 Å². The Hall–Kier alpha value is -2.68. The molecular formula is C24H25F3N2O2S. The minimum atomic E-state index is -4.76. The van der Waals surface area contributed by atoms with Gasteiger partial charge in [-0.2, -0.15) is 17.9 Å². The van der Waals surface area contributed by atoms with E-state index in [4.69, 9.17) is 0 Å². The Morgan fingerprint density at radius 2 is 1.28 bits per heavy atom. The summed E-state index contributed by atoms with van der Waals surface area (Å²) in [6, 6.07) is 21.7. The zero-order valence-electron chi connectivity index (χ0n) is 17.6. The van der Waals surface area contributed by atoms with Crippen LogP contribution in [-0.2, 0) is 23.1 Å². The molecule has 0 spiro atoms. The van der Waals surface area contributed by atoms with Gasteiger partial charge in [-0.25, -0.2) is 8.42 Å². The molecule has 1 atom stereocenters. The van der Waals surface area contributed by atoms with E-state index in [0.717, 1.165) is 16.7 Å². The van der Waals surface area contributed by atoms with Gasteiger partial charge in [0.25, 0.3) is 0 Å². The van der Waals surface area contributed by atoms with Crippen LogP contribution in [0.4, 0.5) is 13.2 Å². The molecule has 1 N–H and O–H groups in total. The van der Waals surface area contributed by atoms with Gasteiger partial charge in [0.05, 0.1) is 4.90 Å². The van der Waals surface area contributed by atoms with Crippen LogP contribution in [0, 0.1) is 6.92 Å². The van der Waals surface area contributed by atoms with Crippen molar-refractivity contribution in [1.29, 1.82) is 0 Å². The molecule has 0 amide bonds. The molecular weight excluding hydrogens is 437 g/mol. The van der Waals surface area contributed by atoms with E-state index in [0.29, 0.717) is 0 Å². The standard InChI is InChI=1S/C24H25F3N2O2S/c1-19-12-14-22(15-13-19)32(30,31)28-23(24(25,26)27)18-29(16-20-8-4-2-5-9-20)17-21-10-6-3-7-11-21/h2-15,23,28H,16-18H2,1H3/t23-/m1/s1. The summed E-state index contributed by atoms with van der Waals surface area (Å²) in [5.74, 6) is 0. The highest BCUT2D eigenvalue weighted by molar-refractivity contribution is 7.89. The van der Waals surface area contributed by atoms with Crippen molar-refractivity contribution < 1.29 is 21.6 Å². The quantitative estimate of drug-likeness (QED) is 0.492. The van der Waals surface area contributed by atoms with Crippen molar-refractivity contribution in [3.8, 4) is 0 Å². The summed E-state index contributed by atoms with van der Waals surface area (Å²) in [6.45, 7) is 1.73. The summed E-state index contributed by atoms with van der Waals surface area (Å²) in [6.07, 6.45) is -4.76. The fourth-order valence-electron chi connectivity index (χ4n) is 3.31. The lowest BCUT2D eigenvalue weighted by atomic mass is 10.1. The smallest absolute Gasteiger partial charge is 0.293 e. The summed E-state index contributed by atoms with van der Waals surface area (Å²) in [5, 5.41) is 0. The maximum Gasteiger partial charge on any atom is 0.406 e. The zero-order valence-corrected chi connectivity index (χ0v) is 18.4. The first-order chi connectivity index (χ1) is 15.1. The van der Waals surface area contributed by atoms with Crippen molar-refractivity contribution in [1.82, 2.24) is 9.62 Å². The Bertz CT molecular complexity index is 1050. The average molecular weight is 463 g/mol. The van der Waals surface area contributed by atoms with Crippen LogP contribution in [-0.4, -0.2) is 32.1 Å². The summed E-state index contributed by atoms with van der Waals surface area (Å²) >= 11 is 0. The van der Waals surface area contributed by atoms with Gasteiger partial charge in [0.15, 0.2) is 0 Å². The Balaban J connectivity index is 1.85. The molecule has 170 valence electrons.